The molecule has 0 N–H and O–H groups in total. The van der Waals surface area contributed by atoms with Crippen molar-refractivity contribution in [1.29, 1.82) is 0 Å². The third-order valence-electron chi connectivity index (χ3n) is 11.5. The number of fused-ring (bicyclic) bond motifs is 11. The summed E-state index contributed by atoms with van der Waals surface area (Å²) in [5.74, 6) is 0. The Morgan fingerprint density at radius 1 is 0.392 bits per heavy atom. The predicted octanol–water partition coefficient (Wildman–Crippen LogP) is 13.0. The van der Waals surface area contributed by atoms with Gasteiger partial charge in [-0.3, -0.25) is 0 Å². The highest BCUT2D eigenvalue weighted by atomic mass is 15.0. The molecule has 0 saturated heterocycles. The first-order valence-electron chi connectivity index (χ1n) is 17.9. The zero-order valence-corrected chi connectivity index (χ0v) is 28.6. The van der Waals surface area contributed by atoms with E-state index in [-0.39, 0.29) is 5.41 Å². The Balaban J connectivity index is 1.17. The summed E-state index contributed by atoms with van der Waals surface area (Å²) in [5.41, 5.74) is 15.2. The first-order valence-corrected chi connectivity index (χ1v) is 17.9. The van der Waals surface area contributed by atoms with E-state index >= 15 is 0 Å². The molecule has 10 aromatic rings. The summed E-state index contributed by atoms with van der Waals surface area (Å²) in [7, 11) is 0. The quantitative estimate of drug-likeness (QED) is 0.180. The van der Waals surface area contributed by atoms with Gasteiger partial charge in [0.2, 0.25) is 0 Å². The van der Waals surface area contributed by atoms with E-state index in [4.69, 9.17) is 0 Å². The lowest BCUT2D eigenvalue weighted by molar-refractivity contribution is 0.661. The molecule has 8 aromatic carbocycles. The van der Waals surface area contributed by atoms with E-state index < -0.39 is 0 Å². The van der Waals surface area contributed by atoms with E-state index in [0.717, 1.165) is 0 Å². The van der Waals surface area contributed by atoms with Crippen molar-refractivity contribution in [1.82, 2.24) is 9.13 Å². The van der Waals surface area contributed by atoms with Gasteiger partial charge in [0.25, 0.3) is 0 Å². The number of hydrogen-bond donors (Lipinski definition) is 0. The minimum atomic E-state index is -0.0663. The molecular formula is C49H34N2. The van der Waals surface area contributed by atoms with E-state index in [1.165, 1.54) is 99.1 Å². The van der Waals surface area contributed by atoms with Crippen LogP contribution in [0.15, 0.2) is 170 Å². The van der Waals surface area contributed by atoms with Crippen molar-refractivity contribution in [2.45, 2.75) is 19.3 Å². The highest BCUT2D eigenvalue weighted by molar-refractivity contribution is 6.19. The van der Waals surface area contributed by atoms with Crippen LogP contribution < -0.4 is 0 Å². The van der Waals surface area contributed by atoms with Gasteiger partial charge in [0.15, 0.2) is 0 Å². The van der Waals surface area contributed by atoms with Gasteiger partial charge in [-0.15, -0.1) is 0 Å². The van der Waals surface area contributed by atoms with Crippen LogP contribution in [0.1, 0.15) is 25.0 Å². The van der Waals surface area contributed by atoms with Crippen LogP contribution in [0.2, 0.25) is 0 Å². The third kappa shape index (κ3) is 3.93. The van der Waals surface area contributed by atoms with Crippen LogP contribution >= 0.6 is 0 Å². The van der Waals surface area contributed by atoms with Gasteiger partial charge in [0.05, 0.1) is 22.1 Å². The van der Waals surface area contributed by atoms with Crippen LogP contribution in [0.3, 0.4) is 0 Å². The molecule has 0 saturated carbocycles. The van der Waals surface area contributed by atoms with Gasteiger partial charge in [0, 0.05) is 38.3 Å². The average molecular weight is 651 g/mol. The molecule has 240 valence electrons. The molecule has 0 unspecified atom stereocenters. The van der Waals surface area contributed by atoms with E-state index in [1.54, 1.807) is 0 Å². The van der Waals surface area contributed by atoms with E-state index in [0.29, 0.717) is 0 Å². The molecule has 0 radical (unpaired) electrons. The number of para-hydroxylation sites is 2. The minimum Gasteiger partial charge on any atom is -0.309 e. The number of aromatic nitrogens is 2. The second-order valence-electron chi connectivity index (χ2n) is 14.6. The second-order valence-corrected chi connectivity index (χ2v) is 14.6. The molecule has 2 heterocycles. The lowest BCUT2D eigenvalue weighted by Crippen LogP contribution is -2.14. The first kappa shape index (κ1) is 28.5. The van der Waals surface area contributed by atoms with Crippen molar-refractivity contribution in [2.75, 3.05) is 0 Å². The van der Waals surface area contributed by atoms with Crippen LogP contribution in [-0.2, 0) is 5.41 Å². The van der Waals surface area contributed by atoms with E-state index in [9.17, 15) is 0 Å². The lowest BCUT2D eigenvalue weighted by atomic mass is 9.82. The Kier molecular flexibility index (Phi) is 5.76. The summed E-state index contributed by atoms with van der Waals surface area (Å²) < 4.78 is 4.86. The van der Waals surface area contributed by atoms with Gasteiger partial charge in [-0.05, 0) is 105 Å². The van der Waals surface area contributed by atoms with E-state index in [1.807, 2.05) is 0 Å². The summed E-state index contributed by atoms with van der Waals surface area (Å²) in [4.78, 5) is 0. The van der Waals surface area contributed by atoms with Crippen LogP contribution in [0, 0.1) is 0 Å². The first-order chi connectivity index (χ1) is 25.1. The fourth-order valence-electron chi connectivity index (χ4n) is 9.08. The van der Waals surface area contributed by atoms with E-state index in [2.05, 4.69) is 193 Å². The minimum absolute atomic E-state index is 0.0663. The van der Waals surface area contributed by atoms with Crippen molar-refractivity contribution in [2.24, 2.45) is 0 Å². The van der Waals surface area contributed by atoms with Gasteiger partial charge in [-0.1, -0.05) is 123 Å². The van der Waals surface area contributed by atoms with Gasteiger partial charge in [-0.25, -0.2) is 0 Å². The number of nitrogens with zero attached hydrogens (tertiary/aromatic N) is 2. The normalized spacial score (nSPS) is 13.5. The smallest absolute Gasteiger partial charge is 0.0547 e. The van der Waals surface area contributed by atoms with Gasteiger partial charge < -0.3 is 9.13 Å². The zero-order valence-electron chi connectivity index (χ0n) is 28.6. The molecule has 2 nitrogen and oxygen atoms in total. The highest BCUT2D eigenvalue weighted by Gasteiger charge is 2.37. The van der Waals surface area contributed by atoms with Crippen LogP contribution in [0.4, 0.5) is 0 Å². The Bertz CT molecular complexity index is 3040. The average Bonchev–Trinajstić information content (AvgIpc) is 3.77. The van der Waals surface area contributed by atoms with Crippen molar-refractivity contribution in [3.63, 3.8) is 0 Å². The Labute approximate surface area is 296 Å². The Morgan fingerprint density at radius 2 is 1.02 bits per heavy atom. The topological polar surface area (TPSA) is 9.86 Å². The lowest BCUT2D eigenvalue weighted by Gasteiger charge is -2.21. The maximum absolute atomic E-state index is 2.45. The summed E-state index contributed by atoms with van der Waals surface area (Å²) in [5, 5.41) is 7.65. The summed E-state index contributed by atoms with van der Waals surface area (Å²) >= 11 is 0. The number of rotatable bonds is 3. The molecule has 2 aromatic heterocycles. The fourth-order valence-corrected chi connectivity index (χ4v) is 9.08. The maximum Gasteiger partial charge on any atom is 0.0547 e. The number of benzene rings is 8. The summed E-state index contributed by atoms with van der Waals surface area (Å²) in [6.07, 6.45) is 0. The summed E-state index contributed by atoms with van der Waals surface area (Å²) in [6.45, 7) is 4.74. The monoisotopic (exact) mass is 650 g/mol. The number of hydrogen-bond acceptors (Lipinski definition) is 0. The molecule has 11 rings (SSSR count). The molecular weight excluding hydrogens is 617 g/mol. The molecule has 0 spiro atoms. The molecule has 51 heavy (non-hydrogen) atoms. The van der Waals surface area contributed by atoms with Crippen LogP contribution in [0.5, 0.6) is 0 Å². The highest BCUT2D eigenvalue weighted by Crippen LogP contribution is 2.53. The fraction of sp³-hybridized carbons (Fsp3) is 0.0612. The van der Waals surface area contributed by atoms with Crippen molar-refractivity contribution in [3.05, 3.63) is 181 Å². The van der Waals surface area contributed by atoms with Crippen molar-refractivity contribution in [3.8, 4) is 33.6 Å². The van der Waals surface area contributed by atoms with Crippen LogP contribution in [-0.4, -0.2) is 9.13 Å². The molecule has 2 heteroatoms. The largest absolute Gasteiger partial charge is 0.309 e. The summed E-state index contributed by atoms with van der Waals surface area (Å²) in [6, 6.07) is 62.8. The Morgan fingerprint density at radius 3 is 1.86 bits per heavy atom. The SMILES string of the molecule is CC1(C)c2ccccc2-c2c1ccc1c2c2cc(-c3ccc4c(c3)c3ccccc3n4-c3ccc4ccccc4c3)ccc2n1-c1ccccc1. The third-order valence-corrected chi connectivity index (χ3v) is 11.5. The molecule has 1 aliphatic rings. The molecule has 0 atom stereocenters. The zero-order chi connectivity index (χ0) is 33.8. The maximum atomic E-state index is 2.45. The van der Waals surface area contributed by atoms with Crippen molar-refractivity contribution < 1.29 is 0 Å². The van der Waals surface area contributed by atoms with Crippen molar-refractivity contribution >= 4 is 54.4 Å². The second kappa shape index (κ2) is 10.3. The molecule has 0 bridgehead atoms. The molecule has 1 aliphatic carbocycles. The molecule has 0 aliphatic heterocycles. The van der Waals surface area contributed by atoms with Gasteiger partial charge in [-0.2, -0.15) is 0 Å². The predicted molar refractivity (Wildman–Crippen MR) is 216 cm³/mol. The Hall–Kier alpha value is -6.38. The molecule has 0 amide bonds. The standard InChI is InChI=1S/C49H34N2/c1-49(2)41-18-10-8-17-38(41)47-42(49)24-27-46-48(47)40-30-34(22-26-45(40)50(46)35-14-4-3-5-15-35)33-21-25-44-39(29-33)37-16-9-11-19-43(37)51(44)36-23-20-31-12-6-7-13-32(31)28-36/h3-30H,1-2H3. The van der Waals surface area contributed by atoms with Gasteiger partial charge >= 0.3 is 0 Å². The molecule has 0 fully saturated rings. The van der Waals surface area contributed by atoms with Crippen LogP contribution in [0.25, 0.3) is 88.0 Å². The van der Waals surface area contributed by atoms with Gasteiger partial charge in [0.1, 0.15) is 0 Å².